The maximum absolute atomic E-state index is 5.87. The second-order valence-corrected chi connectivity index (χ2v) is 5.30. The monoisotopic (exact) mass is 239 g/mol. The molecule has 1 fully saturated rings. The van der Waals surface area contributed by atoms with Crippen LogP contribution in [0.2, 0.25) is 0 Å². The molecule has 0 spiro atoms. The largest absolute Gasteiger partial charge is 0.296 e. The molecule has 1 nitrogen and oxygen atoms in total. The minimum absolute atomic E-state index is 0.739. The predicted molar refractivity (Wildman–Crippen MR) is 62.8 cm³/mol. The first-order chi connectivity index (χ1) is 6.26. The first kappa shape index (κ1) is 11.7. The van der Waals surface area contributed by atoms with Gasteiger partial charge >= 0.3 is 0 Å². The second kappa shape index (κ2) is 6.18. The molecule has 1 atom stereocenters. The maximum atomic E-state index is 5.87. The summed E-state index contributed by atoms with van der Waals surface area (Å²) in [6.07, 6.45) is 1.24. The Morgan fingerprint density at radius 1 is 1.69 bits per heavy atom. The number of halogens is 2. The topological polar surface area (TPSA) is 3.24 Å². The van der Waals surface area contributed by atoms with Crippen molar-refractivity contribution in [3.63, 3.8) is 0 Å². The molecule has 1 rings (SSSR count). The van der Waals surface area contributed by atoms with Crippen molar-refractivity contribution >= 4 is 35.0 Å². The van der Waals surface area contributed by atoms with Crippen molar-refractivity contribution in [2.24, 2.45) is 0 Å². The van der Waals surface area contributed by atoms with Gasteiger partial charge in [-0.15, -0.1) is 0 Å². The van der Waals surface area contributed by atoms with Crippen LogP contribution in [0.5, 0.6) is 0 Å². The zero-order valence-electron chi connectivity index (χ0n) is 7.80. The van der Waals surface area contributed by atoms with Gasteiger partial charge < -0.3 is 0 Å². The van der Waals surface area contributed by atoms with Crippen LogP contribution in [0.15, 0.2) is 10.6 Å². The molecule has 0 N–H and O–H groups in total. The molecule has 0 amide bonds. The van der Waals surface area contributed by atoms with Crippen LogP contribution in [0, 0.1) is 0 Å². The van der Waals surface area contributed by atoms with Crippen molar-refractivity contribution in [2.75, 3.05) is 25.4 Å². The molecular weight excluding hydrogens is 225 g/mol. The van der Waals surface area contributed by atoms with E-state index in [0.29, 0.717) is 0 Å². The normalized spacial score (nSPS) is 26.4. The smallest absolute Gasteiger partial charge is 0.0434 e. The number of thioether (sulfide) groups is 1. The summed E-state index contributed by atoms with van der Waals surface area (Å²) >= 11 is 13.5. The summed E-state index contributed by atoms with van der Waals surface area (Å²) in [6.45, 7) is 5.31. The van der Waals surface area contributed by atoms with Gasteiger partial charge in [-0.1, -0.05) is 30.1 Å². The minimum Gasteiger partial charge on any atom is -0.296 e. The van der Waals surface area contributed by atoms with Crippen molar-refractivity contribution < 1.29 is 0 Å². The van der Waals surface area contributed by atoms with E-state index in [0.717, 1.165) is 29.9 Å². The quantitative estimate of drug-likeness (QED) is 0.745. The SMILES string of the molecule is CCC1CN(C/C(Cl)=C/Cl)CCS1. The van der Waals surface area contributed by atoms with E-state index in [2.05, 4.69) is 23.6 Å². The Balaban J connectivity index is 2.34. The van der Waals surface area contributed by atoms with E-state index in [4.69, 9.17) is 23.2 Å². The van der Waals surface area contributed by atoms with Crippen LogP contribution < -0.4 is 0 Å². The van der Waals surface area contributed by atoms with E-state index in [1.165, 1.54) is 17.7 Å². The van der Waals surface area contributed by atoms with Crippen LogP contribution in [-0.4, -0.2) is 35.5 Å². The standard InChI is InChI=1S/C9H15Cl2NS/c1-2-9-7-12(3-4-13-9)6-8(11)5-10/h5,9H,2-4,6-7H2,1H3/b8-5-. The number of hydrogen-bond donors (Lipinski definition) is 0. The van der Waals surface area contributed by atoms with E-state index in [-0.39, 0.29) is 0 Å². The lowest BCUT2D eigenvalue weighted by Crippen LogP contribution is -2.38. The van der Waals surface area contributed by atoms with E-state index in [1.54, 1.807) is 0 Å². The highest BCUT2D eigenvalue weighted by Crippen LogP contribution is 2.22. The van der Waals surface area contributed by atoms with Gasteiger partial charge in [0.1, 0.15) is 0 Å². The molecule has 0 aromatic carbocycles. The molecule has 1 unspecified atom stereocenters. The van der Waals surface area contributed by atoms with Crippen molar-refractivity contribution in [2.45, 2.75) is 18.6 Å². The molecular formula is C9H15Cl2NS. The third-order valence-electron chi connectivity index (χ3n) is 2.17. The van der Waals surface area contributed by atoms with Crippen LogP contribution in [0.25, 0.3) is 0 Å². The van der Waals surface area contributed by atoms with E-state index >= 15 is 0 Å². The molecule has 0 aliphatic carbocycles. The second-order valence-electron chi connectivity index (χ2n) is 3.19. The summed E-state index contributed by atoms with van der Waals surface area (Å²) in [5, 5.41) is 1.51. The fraction of sp³-hybridized carbons (Fsp3) is 0.778. The Morgan fingerprint density at radius 2 is 2.46 bits per heavy atom. The maximum Gasteiger partial charge on any atom is 0.0434 e. The van der Waals surface area contributed by atoms with Gasteiger partial charge in [0.25, 0.3) is 0 Å². The summed E-state index contributed by atoms with van der Waals surface area (Å²) in [6, 6.07) is 0. The summed E-state index contributed by atoms with van der Waals surface area (Å²) in [7, 11) is 0. The van der Waals surface area contributed by atoms with Gasteiger partial charge in [-0.25, -0.2) is 0 Å². The number of nitrogens with zero attached hydrogens (tertiary/aromatic N) is 1. The molecule has 0 aromatic rings. The van der Waals surface area contributed by atoms with Gasteiger partial charge in [-0.3, -0.25) is 4.90 Å². The van der Waals surface area contributed by atoms with Crippen molar-refractivity contribution in [1.29, 1.82) is 0 Å². The molecule has 1 saturated heterocycles. The highest BCUT2D eigenvalue weighted by atomic mass is 35.5. The summed E-state index contributed by atoms with van der Waals surface area (Å²) < 4.78 is 0. The predicted octanol–water partition coefficient (Wildman–Crippen LogP) is 3.13. The molecule has 0 saturated carbocycles. The Morgan fingerprint density at radius 3 is 3.08 bits per heavy atom. The Bertz CT molecular complexity index is 184. The third kappa shape index (κ3) is 4.11. The molecule has 1 aliphatic heterocycles. The van der Waals surface area contributed by atoms with Crippen molar-refractivity contribution in [3.8, 4) is 0 Å². The van der Waals surface area contributed by atoms with Crippen molar-refractivity contribution in [3.05, 3.63) is 10.6 Å². The van der Waals surface area contributed by atoms with Gasteiger partial charge in [0, 0.05) is 41.2 Å². The fourth-order valence-corrected chi connectivity index (χ4v) is 2.91. The molecule has 1 heterocycles. The van der Waals surface area contributed by atoms with Crippen LogP contribution >= 0.6 is 35.0 Å². The Hall–Kier alpha value is 0.630. The van der Waals surface area contributed by atoms with Gasteiger partial charge in [0.2, 0.25) is 0 Å². The van der Waals surface area contributed by atoms with Crippen molar-refractivity contribution in [1.82, 2.24) is 4.90 Å². The lowest BCUT2D eigenvalue weighted by Gasteiger charge is -2.31. The summed E-state index contributed by atoms with van der Waals surface area (Å²) in [4.78, 5) is 2.37. The molecule has 0 bridgehead atoms. The molecule has 0 aromatic heterocycles. The van der Waals surface area contributed by atoms with Gasteiger partial charge in [0.15, 0.2) is 0 Å². The zero-order valence-corrected chi connectivity index (χ0v) is 10.1. The fourth-order valence-electron chi connectivity index (χ4n) is 1.42. The minimum atomic E-state index is 0.739. The van der Waals surface area contributed by atoms with Crippen LogP contribution in [0.4, 0.5) is 0 Å². The highest BCUT2D eigenvalue weighted by molar-refractivity contribution is 8.00. The van der Waals surface area contributed by atoms with Crippen LogP contribution in [0.1, 0.15) is 13.3 Å². The average molecular weight is 240 g/mol. The average Bonchev–Trinajstić information content (AvgIpc) is 2.18. The molecule has 0 radical (unpaired) electrons. The van der Waals surface area contributed by atoms with Crippen LogP contribution in [0.3, 0.4) is 0 Å². The zero-order chi connectivity index (χ0) is 9.68. The first-order valence-corrected chi connectivity index (χ1v) is 6.41. The van der Waals surface area contributed by atoms with Crippen LogP contribution in [-0.2, 0) is 0 Å². The number of hydrogen-bond acceptors (Lipinski definition) is 2. The lowest BCUT2D eigenvalue weighted by molar-refractivity contribution is 0.308. The molecule has 13 heavy (non-hydrogen) atoms. The Labute approximate surface area is 94.5 Å². The number of rotatable bonds is 3. The molecule has 76 valence electrons. The summed E-state index contributed by atoms with van der Waals surface area (Å²) in [5.74, 6) is 1.21. The van der Waals surface area contributed by atoms with Gasteiger partial charge in [-0.05, 0) is 6.42 Å². The van der Waals surface area contributed by atoms with E-state index in [9.17, 15) is 0 Å². The van der Waals surface area contributed by atoms with Gasteiger partial charge in [-0.2, -0.15) is 11.8 Å². The Kier molecular flexibility index (Phi) is 5.56. The third-order valence-corrected chi connectivity index (χ3v) is 4.15. The summed E-state index contributed by atoms with van der Waals surface area (Å²) in [5.41, 5.74) is 1.46. The molecule has 1 aliphatic rings. The van der Waals surface area contributed by atoms with E-state index in [1.807, 2.05) is 0 Å². The lowest BCUT2D eigenvalue weighted by atomic mass is 10.3. The molecule has 4 heteroatoms. The first-order valence-electron chi connectivity index (χ1n) is 4.55. The highest BCUT2D eigenvalue weighted by Gasteiger charge is 2.18. The van der Waals surface area contributed by atoms with E-state index < -0.39 is 0 Å². The van der Waals surface area contributed by atoms with Gasteiger partial charge in [0.05, 0.1) is 0 Å².